The molecule has 2 rings (SSSR count). The summed E-state index contributed by atoms with van der Waals surface area (Å²) in [6, 6.07) is 5.74. The summed E-state index contributed by atoms with van der Waals surface area (Å²) in [6.07, 6.45) is 1.80. The number of hydrogen-bond acceptors (Lipinski definition) is 3. The number of benzene rings is 1. The van der Waals surface area contributed by atoms with Crippen molar-refractivity contribution in [2.75, 3.05) is 20.2 Å². The standard InChI is InChI=1S/C12H16BrNO2/c1-16-11-4-3-9(7-10(11)13)12(15)5-2-6-14-8-12/h3-4,7,14-15H,2,5-6,8H2,1H3. The minimum absolute atomic E-state index is 0.617. The maximum Gasteiger partial charge on any atom is 0.133 e. The van der Waals surface area contributed by atoms with Crippen LogP contribution >= 0.6 is 15.9 Å². The first-order chi connectivity index (χ1) is 7.65. The van der Waals surface area contributed by atoms with Crippen LogP contribution in [0, 0.1) is 0 Å². The smallest absolute Gasteiger partial charge is 0.133 e. The molecular formula is C12H16BrNO2. The van der Waals surface area contributed by atoms with Crippen LogP contribution in [0.2, 0.25) is 0 Å². The molecule has 1 unspecified atom stereocenters. The van der Waals surface area contributed by atoms with Crippen molar-refractivity contribution in [1.82, 2.24) is 5.32 Å². The van der Waals surface area contributed by atoms with Crippen LogP contribution in [-0.2, 0) is 5.60 Å². The summed E-state index contributed by atoms with van der Waals surface area (Å²) in [6.45, 7) is 1.60. The lowest BCUT2D eigenvalue weighted by Crippen LogP contribution is -2.43. The molecule has 1 aromatic carbocycles. The van der Waals surface area contributed by atoms with Crippen molar-refractivity contribution >= 4 is 15.9 Å². The highest BCUT2D eigenvalue weighted by atomic mass is 79.9. The van der Waals surface area contributed by atoms with E-state index in [1.807, 2.05) is 18.2 Å². The first-order valence-electron chi connectivity index (χ1n) is 5.43. The molecule has 0 amide bonds. The molecule has 88 valence electrons. The lowest BCUT2D eigenvalue weighted by molar-refractivity contribution is 0.0122. The van der Waals surface area contributed by atoms with Crippen molar-refractivity contribution in [2.45, 2.75) is 18.4 Å². The Hall–Kier alpha value is -0.580. The van der Waals surface area contributed by atoms with Crippen molar-refractivity contribution in [3.8, 4) is 5.75 Å². The van der Waals surface area contributed by atoms with Crippen molar-refractivity contribution < 1.29 is 9.84 Å². The third-order valence-corrected chi connectivity index (χ3v) is 3.67. The van der Waals surface area contributed by atoms with Gasteiger partial charge in [-0.2, -0.15) is 0 Å². The largest absolute Gasteiger partial charge is 0.496 e. The van der Waals surface area contributed by atoms with Crippen molar-refractivity contribution in [3.05, 3.63) is 28.2 Å². The summed E-state index contributed by atoms with van der Waals surface area (Å²) < 4.78 is 6.06. The molecule has 0 bridgehead atoms. The van der Waals surface area contributed by atoms with Crippen LogP contribution < -0.4 is 10.1 Å². The second-order valence-corrected chi connectivity index (χ2v) is 5.02. The number of β-amino-alcohol motifs (C(OH)–C–C–N with tert-alkyl or cyclic N) is 1. The average molecular weight is 286 g/mol. The van der Waals surface area contributed by atoms with Gasteiger partial charge in [0.25, 0.3) is 0 Å². The summed E-state index contributed by atoms with van der Waals surface area (Å²) in [7, 11) is 1.64. The molecule has 4 heteroatoms. The molecule has 0 aromatic heterocycles. The maximum atomic E-state index is 10.5. The van der Waals surface area contributed by atoms with E-state index in [4.69, 9.17) is 4.74 Å². The molecule has 0 radical (unpaired) electrons. The molecule has 2 N–H and O–H groups in total. The number of ether oxygens (including phenoxy) is 1. The summed E-state index contributed by atoms with van der Waals surface area (Å²) in [5.41, 5.74) is 0.194. The number of piperidine rings is 1. The normalized spacial score (nSPS) is 25.4. The Bertz CT molecular complexity index is 375. The first-order valence-corrected chi connectivity index (χ1v) is 6.22. The Labute approximate surface area is 104 Å². The van der Waals surface area contributed by atoms with Gasteiger partial charge in [-0.15, -0.1) is 0 Å². The predicted molar refractivity (Wildman–Crippen MR) is 66.7 cm³/mol. The van der Waals surface area contributed by atoms with Crippen molar-refractivity contribution in [3.63, 3.8) is 0 Å². The molecule has 3 nitrogen and oxygen atoms in total. The first kappa shape index (κ1) is 11.9. The lowest BCUT2D eigenvalue weighted by Gasteiger charge is -2.33. The Morgan fingerprint density at radius 1 is 1.50 bits per heavy atom. The van der Waals surface area contributed by atoms with Crippen LogP contribution in [0.5, 0.6) is 5.75 Å². The van der Waals surface area contributed by atoms with Gasteiger partial charge in [0.1, 0.15) is 11.4 Å². The zero-order valence-corrected chi connectivity index (χ0v) is 10.9. The van der Waals surface area contributed by atoms with E-state index < -0.39 is 5.60 Å². The molecule has 1 aromatic rings. The highest BCUT2D eigenvalue weighted by Gasteiger charge is 2.31. The van der Waals surface area contributed by atoms with Crippen LogP contribution in [0.1, 0.15) is 18.4 Å². The fourth-order valence-corrected chi connectivity index (χ4v) is 2.63. The topological polar surface area (TPSA) is 41.5 Å². The summed E-state index contributed by atoms with van der Waals surface area (Å²) in [5, 5.41) is 13.7. The Kier molecular flexibility index (Phi) is 3.52. The van der Waals surface area contributed by atoms with Gasteiger partial charge in [-0.3, -0.25) is 0 Å². The molecule has 0 aliphatic carbocycles. The van der Waals surface area contributed by atoms with Gasteiger partial charge in [-0.05, 0) is 53.0 Å². The minimum atomic E-state index is -0.743. The average Bonchev–Trinajstić information content (AvgIpc) is 2.30. The van der Waals surface area contributed by atoms with E-state index in [2.05, 4.69) is 21.2 Å². The summed E-state index contributed by atoms with van der Waals surface area (Å²) >= 11 is 3.44. The van der Waals surface area contributed by atoms with E-state index in [1.54, 1.807) is 7.11 Å². The van der Waals surface area contributed by atoms with Gasteiger partial charge in [0.05, 0.1) is 11.6 Å². The van der Waals surface area contributed by atoms with E-state index in [1.165, 1.54) is 0 Å². The maximum absolute atomic E-state index is 10.5. The fraction of sp³-hybridized carbons (Fsp3) is 0.500. The van der Waals surface area contributed by atoms with Crippen LogP contribution in [0.3, 0.4) is 0 Å². The highest BCUT2D eigenvalue weighted by molar-refractivity contribution is 9.10. The van der Waals surface area contributed by atoms with Crippen LogP contribution in [0.15, 0.2) is 22.7 Å². The quantitative estimate of drug-likeness (QED) is 0.874. The van der Waals surface area contributed by atoms with Gasteiger partial charge in [-0.25, -0.2) is 0 Å². The number of methoxy groups -OCH3 is 1. The molecule has 0 saturated carbocycles. The number of aliphatic hydroxyl groups is 1. The highest BCUT2D eigenvalue weighted by Crippen LogP contribution is 2.33. The second-order valence-electron chi connectivity index (χ2n) is 4.16. The zero-order chi connectivity index (χ0) is 11.6. The van der Waals surface area contributed by atoms with E-state index in [9.17, 15) is 5.11 Å². The summed E-state index contributed by atoms with van der Waals surface area (Å²) in [5.74, 6) is 0.788. The van der Waals surface area contributed by atoms with Gasteiger partial charge < -0.3 is 15.2 Å². The molecule has 0 spiro atoms. The van der Waals surface area contributed by atoms with Gasteiger partial charge in [-0.1, -0.05) is 6.07 Å². The van der Waals surface area contributed by atoms with Gasteiger partial charge in [0, 0.05) is 6.54 Å². The predicted octanol–water partition coefficient (Wildman–Crippen LogP) is 2.03. The number of hydrogen-bond donors (Lipinski definition) is 2. The number of halogens is 1. The van der Waals surface area contributed by atoms with Crippen molar-refractivity contribution in [1.29, 1.82) is 0 Å². The van der Waals surface area contributed by atoms with E-state index in [-0.39, 0.29) is 0 Å². The molecule has 16 heavy (non-hydrogen) atoms. The van der Waals surface area contributed by atoms with E-state index in [0.29, 0.717) is 6.54 Å². The Morgan fingerprint density at radius 2 is 2.31 bits per heavy atom. The molecular weight excluding hydrogens is 270 g/mol. The molecule has 1 fully saturated rings. The summed E-state index contributed by atoms with van der Waals surface area (Å²) in [4.78, 5) is 0. The molecule has 1 heterocycles. The molecule has 1 atom stereocenters. The Morgan fingerprint density at radius 3 is 2.88 bits per heavy atom. The third kappa shape index (κ3) is 2.24. The van der Waals surface area contributed by atoms with Crippen LogP contribution in [0.4, 0.5) is 0 Å². The van der Waals surface area contributed by atoms with Crippen molar-refractivity contribution in [2.24, 2.45) is 0 Å². The Balaban J connectivity index is 2.29. The number of nitrogens with one attached hydrogen (secondary N) is 1. The monoisotopic (exact) mass is 285 g/mol. The molecule has 1 saturated heterocycles. The molecule has 1 aliphatic rings. The van der Waals surface area contributed by atoms with Gasteiger partial charge in [0.15, 0.2) is 0 Å². The fourth-order valence-electron chi connectivity index (χ4n) is 2.09. The van der Waals surface area contributed by atoms with Gasteiger partial charge >= 0.3 is 0 Å². The van der Waals surface area contributed by atoms with E-state index in [0.717, 1.165) is 35.2 Å². The second kappa shape index (κ2) is 4.73. The van der Waals surface area contributed by atoms with Crippen LogP contribution in [0.25, 0.3) is 0 Å². The van der Waals surface area contributed by atoms with Crippen LogP contribution in [-0.4, -0.2) is 25.3 Å². The third-order valence-electron chi connectivity index (χ3n) is 3.05. The zero-order valence-electron chi connectivity index (χ0n) is 9.29. The van der Waals surface area contributed by atoms with E-state index >= 15 is 0 Å². The minimum Gasteiger partial charge on any atom is -0.496 e. The lowest BCUT2D eigenvalue weighted by atomic mass is 9.87. The molecule has 1 aliphatic heterocycles. The SMILES string of the molecule is COc1ccc(C2(O)CCCNC2)cc1Br. The number of rotatable bonds is 2. The van der Waals surface area contributed by atoms with Gasteiger partial charge in [0.2, 0.25) is 0 Å².